The topological polar surface area (TPSA) is 48.2 Å². The molecule has 0 unspecified atom stereocenters. The van der Waals surface area contributed by atoms with Crippen molar-refractivity contribution in [1.82, 2.24) is 10.2 Å². The smallest absolute Gasteiger partial charge is 0.387 e. The van der Waals surface area contributed by atoms with Crippen LogP contribution in [0.25, 0.3) is 11.5 Å². The maximum atomic E-state index is 12.0. The predicted octanol–water partition coefficient (Wildman–Crippen LogP) is 3.62. The number of hydrogen-bond donors (Lipinski definition) is 0. The Balaban J connectivity index is 2.08. The zero-order chi connectivity index (χ0) is 13.7. The van der Waals surface area contributed by atoms with E-state index >= 15 is 0 Å². The van der Waals surface area contributed by atoms with Crippen LogP contribution in [0.3, 0.4) is 0 Å². The lowest BCUT2D eigenvalue weighted by Gasteiger charge is -2.03. The van der Waals surface area contributed by atoms with Gasteiger partial charge in [0.15, 0.2) is 0 Å². The van der Waals surface area contributed by atoms with E-state index in [0.29, 0.717) is 22.4 Å². The third-order valence-electron chi connectivity index (χ3n) is 2.06. The van der Waals surface area contributed by atoms with Crippen LogP contribution in [-0.4, -0.2) is 22.6 Å². The second-order valence-corrected chi connectivity index (χ2v) is 4.35. The average molecular weight is 284 g/mol. The van der Waals surface area contributed by atoms with E-state index in [9.17, 15) is 8.78 Å². The highest BCUT2D eigenvalue weighted by atomic mass is 32.2. The number of ether oxygens (including phenoxy) is 1. The molecular weight excluding hydrogens is 274 g/mol. The van der Waals surface area contributed by atoms with Crippen molar-refractivity contribution in [3.63, 3.8) is 0 Å². The summed E-state index contributed by atoms with van der Waals surface area (Å²) in [6.45, 7) is 0.751. The van der Waals surface area contributed by atoms with Gasteiger partial charge in [-0.2, -0.15) is 8.78 Å². The fourth-order valence-electron chi connectivity index (χ4n) is 1.29. The molecule has 0 N–H and O–H groups in total. The van der Waals surface area contributed by atoms with Gasteiger partial charge in [-0.05, 0) is 24.3 Å². The van der Waals surface area contributed by atoms with E-state index in [-0.39, 0.29) is 5.75 Å². The van der Waals surface area contributed by atoms with E-state index in [2.05, 4.69) is 21.5 Å². The Kier molecular flexibility index (Phi) is 4.51. The monoisotopic (exact) mass is 284 g/mol. The Hall–Kier alpha value is -1.89. The number of halogens is 2. The second-order valence-electron chi connectivity index (χ2n) is 3.38. The van der Waals surface area contributed by atoms with E-state index in [1.54, 1.807) is 18.2 Å². The SMILES string of the molecule is C=CCSc1nnc(-c2ccc(OC(F)F)cc2)o1. The second kappa shape index (κ2) is 6.33. The van der Waals surface area contributed by atoms with Gasteiger partial charge >= 0.3 is 6.61 Å². The summed E-state index contributed by atoms with van der Waals surface area (Å²) in [5.74, 6) is 1.08. The first-order chi connectivity index (χ1) is 9.19. The molecule has 0 aliphatic rings. The van der Waals surface area contributed by atoms with Crippen LogP contribution < -0.4 is 4.74 Å². The van der Waals surface area contributed by atoms with E-state index in [4.69, 9.17) is 4.42 Å². The maximum absolute atomic E-state index is 12.0. The molecular formula is C12H10F2N2O2S. The van der Waals surface area contributed by atoms with Gasteiger partial charge in [0.1, 0.15) is 5.75 Å². The van der Waals surface area contributed by atoms with Gasteiger partial charge in [0.05, 0.1) is 0 Å². The molecule has 4 nitrogen and oxygen atoms in total. The molecule has 100 valence electrons. The summed E-state index contributed by atoms with van der Waals surface area (Å²) in [5, 5.41) is 8.15. The first-order valence-corrected chi connectivity index (χ1v) is 6.30. The predicted molar refractivity (Wildman–Crippen MR) is 67.3 cm³/mol. The molecule has 2 aromatic rings. The molecule has 19 heavy (non-hydrogen) atoms. The van der Waals surface area contributed by atoms with Crippen LogP contribution in [0.5, 0.6) is 5.75 Å². The number of nitrogens with zero attached hydrogens (tertiary/aromatic N) is 2. The lowest BCUT2D eigenvalue weighted by molar-refractivity contribution is -0.0498. The summed E-state index contributed by atoms with van der Waals surface area (Å²) in [4.78, 5) is 0. The molecule has 0 fully saturated rings. The van der Waals surface area contributed by atoms with E-state index in [1.165, 1.54) is 23.9 Å². The van der Waals surface area contributed by atoms with Crippen molar-refractivity contribution in [1.29, 1.82) is 0 Å². The molecule has 1 aromatic carbocycles. The maximum Gasteiger partial charge on any atom is 0.387 e. The molecule has 2 rings (SSSR count). The van der Waals surface area contributed by atoms with Gasteiger partial charge in [-0.15, -0.1) is 16.8 Å². The zero-order valence-electron chi connectivity index (χ0n) is 9.75. The molecule has 1 heterocycles. The molecule has 0 atom stereocenters. The van der Waals surface area contributed by atoms with Gasteiger partial charge < -0.3 is 9.15 Å². The molecule has 0 spiro atoms. The number of hydrogen-bond acceptors (Lipinski definition) is 5. The molecule has 0 saturated carbocycles. The molecule has 7 heteroatoms. The van der Waals surface area contributed by atoms with Crippen molar-refractivity contribution in [2.75, 3.05) is 5.75 Å². The summed E-state index contributed by atoms with van der Waals surface area (Å²) >= 11 is 1.37. The Morgan fingerprint density at radius 3 is 2.68 bits per heavy atom. The van der Waals surface area contributed by atoms with Crippen molar-refractivity contribution >= 4 is 11.8 Å². The molecule has 1 aromatic heterocycles. The largest absolute Gasteiger partial charge is 0.435 e. The highest BCUT2D eigenvalue weighted by Crippen LogP contribution is 2.25. The highest BCUT2D eigenvalue weighted by molar-refractivity contribution is 7.99. The quantitative estimate of drug-likeness (QED) is 0.599. The van der Waals surface area contributed by atoms with Crippen molar-refractivity contribution in [3.8, 4) is 17.2 Å². The third-order valence-corrected chi connectivity index (χ3v) is 2.87. The summed E-state index contributed by atoms with van der Waals surface area (Å²) in [7, 11) is 0. The van der Waals surface area contributed by atoms with E-state index in [0.717, 1.165) is 0 Å². The van der Waals surface area contributed by atoms with Crippen molar-refractivity contribution in [2.45, 2.75) is 11.8 Å². The van der Waals surface area contributed by atoms with Crippen LogP contribution >= 0.6 is 11.8 Å². The third kappa shape index (κ3) is 3.78. The van der Waals surface area contributed by atoms with Gasteiger partial charge in [0.2, 0.25) is 5.89 Å². The zero-order valence-corrected chi connectivity index (χ0v) is 10.6. The summed E-state index contributed by atoms with van der Waals surface area (Å²) < 4.78 is 33.6. The average Bonchev–Trinajstić information content (AvgIpc) is 2.85. The molecule has 0 aliphatic carbocycles. The van der Waals surface area contributed by atoms with Gasteiger partial charge in [0.25, 0.3) is 5.22 Å². The molecule has 0 saturated heterocycles. The number of thioether (sulfide) groups is 1. The number of alkyl halides is 2. The fraction of sp³-hybridized carbons (Fsp3) is 0.167. The molecule has 0 radical (unpaired) electrons. The van der Waals surface area contributed by atoms with Gasteiger partial charge in [-0.3, -0.25) is 0 Å². The van der Waals surface area contributed by atoms with Gasteiger partial charge in [-0.1, -0.05) is 17.8 Å². The Morgan fingerprint density at radius 2 is 2.05 bits per heavy atom. The fourth-order valence-corrected chi connectivity index (χ4v) is 1.79. The van der Waals surface area contributed by atoms with Crippen molar-refractivity contribution in [2.24, 2.45) is 0 Å². The van der Waals surface area contributed by atoms with Crippen LogP contribution in [0.1, 0.15) is 0 Å². The minimum atomic E-state index is -2.84. The Morgan fingerprint density at radius 1 is 1.32 bits per heavy atom. The van der Waals surface area contributed by atoms with Crippen LogP contribution in [0.15, 0.2) is 46.6 Å². The van der Waals surface area contributed by atoms with Crippen LogP contribution in [0.4, 0.5) is 8.78 Å². The lowest BCUT2D eigenvalue weighted by Crippen LogP contribution is -2.01. The van der Waals surface area contributed by atoms with E-state index in [1.807, 2.05) is 0 Å². The first kappa shape index (κ1) is 13.5. The summed E-state index contributed by atoms with van der Waals surface area (Å²) in [5.41, 5.74) is 0.638. The Bertz CT molecular complexity index is 543. The molecule has 0 amide bonds. The normalized spacial score (nSPS) is 10.7. The van der Waals surface area contributed by atoms with Crippen molar-refractivity contribution in [3.05, 3.63) is 36.9 Å². The molecule has 0 bridgehead atoms. The standard InChI is InChI=1S/C12H10F2N2O2S/c1-2-7-19-12-16-15-10(18-12)8-3-5-9(6-4-8)17-11(13)14/h2-6,11H,1,7H2. The highest BCUT2D eigenvalue weighted by Gasteiger charge is 2.09. The summed E-state index contributed by atoms with van der Waals surface area (Å²) in [6.07, 6.45) is 1.73. The van der Waals surface area contributed by atoms with Crippen LogP contribution in [0, 0.1) is 0 Å². The van der Waals surface area contributed by atoms with Gasteiger partial charge in [0, 0.05) is 11.3 Å². The van der Waals surface area contributed by atoms with Gasteiger partial charge in [-0.25, -0.2) is 0 Å². The van der Waals surface area contributed by atoms with Crippen LogP contribution in [0.2, 0.25) is 0 Å². The summed E-state index contributed by atoms with van der Waals surface area (Å²) in [6, 6.07) is 5.99. The van der Waals surface area contributed by atoms with Crippen LogP contribution in [-0.2, 0) is 0 Å². The number of rotatable bonds is 6. The Labute approximate surface area is 112 Å². The lowest BCUT2D eigenvalue weighted by atomic mass is 10.2. The number of benzene rings is 1. The number of aromatic nitrogens is 2. The first-order valence-electron chi connectivity index (χ1n) is 5.31. The minimum Gasteiger partial charge on any atom is -0.435 e. The van der Waals surface area contributed by atoms with E-state index < -0.39 is 6.61 Å². The molecule has 0 aliphatic heterocycles. The van der Waals surface area contributed by atoms with Crippen molar-refractivity contribution < 1.29 is 17.9 Å². The minimum absolute atomic E-state index is 0.0829.